The maximum absolute atomic E-state index is 11.5. The molecule has 0 bridgehead atoms. The lowest BCUT2D eigenvalue weighted by Gasteiger charge is -2.28. The Kier molecular flexibility index (Phi) is 2.55. The summed E-state index contributed by atoms with van der Waals surface area (Å²) in [5.41, 5.74) is 0.258. The normalized spacial score (nSPS) is 22.8. The minimum Gasteiger partial charge on any atom is -0.511 e. The molecule has 1 aliphatic carbocycles. The first-order valence-corrected chi connectivity index (χ1v) is 4.34. The Morgan fingerprint density at radius 2 is 2.08 bits per heavy atom. The molecule has 3 heteroatoms. The van der Waals surface area contributed by atoms with Crippen molar-refractivity contribution in [1.29, 1.82) is 0 Å². The lowest BCUT2D eigenvalue weighted by molar-refractivity contribution is -0.117. The number of aliphatic hydroxyl groups is 1. The standard InChI is InChI=1S/C10H15NO2/c1-10(2)4-8(12)7(6-11-3)9(13)5-10/h6,12H,4-5H2,1-3H3. The van der Waals surface area contributed by atoms with E-state index in [-0.39, 0.29) is 17.0 Å². The molecule has 1 rings (SSSR count). The van der Waals surface area contributed by atoms with Gasteiger partial charge < -0.3 is 5.11 Å². The fraction of sp³-hybridized carbons (Fsp3) is 0.600. The summed E-state index contributed by atoms with van der Waals surface area (Å²) in [5, 5.41) is 9.57. The van der Waals surface area contributed by atoms with Crippen LogP contribution in [-0.2, 0) is 4.79 Å². The van der Waals surface area contributed by atoms with Crippen LogP contribution in [0.5, 0.6) is 0 Å². The molecule has 0 unspecified atom stereocenters. The summed E-state index contributed by atoms with van der Waals surface area (Å²) < 4.78 is 0. The molecule has 1 aliphatic rings. The number of aliphatic hydroxyl groups excluding tert-OH is 1. The van der Waals surface area contributed by atoms with E-state index in [1.807, 2.05) is 13.8 Å². The second-order valence-corrected chi connectivity index (χ2v) is 4.19. The van der Waals surface area contributed by atoms with Gasteiger partial charge in [0.25, 0.3) is 0 Å². The van der Waals surface area contributed by atoms with Crippen LogP contribution in [0.4, 0.5) is 0 Å². The van der Waals surface area contributed by atoms with Crippen molar-refractivity contribution in [2.75, 3.05) is 7.05 Å². The number of carbonyl (C=O) groups is 1. The van der Waals surface area contributed by atoms with Crippen molar-refractivity contribution in [2.45, 2.75) is 26.7 Å². The van der Waals surface area contributed by atoms with Gasteiger partial charge in [-0.05, 0) is 5.41 Å². The van der Waals surface area contributed by atoms with E-state index in [1.165, 1.54) is 6.21 Å². The average molecular weight is 181 g/mol. The molecule has 3 nitrogen and oxygen atoms in total. The van der Waals surface area contributed by atoms with Gasteiger partial charge in [0, 0.05) is 26.1 Å². The minimum absolute atomic E-state index is 0.0145. The Labute approximate surface area is 78.2 Å². The van der Waals surface area contributed by atoms with Gasteiger partial charge in [-0.25, -0.2) is 0 Å². The van der Waals surface area contributed by atoms with Crippen molar-refractivity contribution >= 4 is 12.0 Å². The van der Waals surface area contributed by atoms with Crippen LogP contribution in [0, 0.1) is 5.41 Å². The van der Waals surface area contributed by atoms with Crippen molar-refractivity contribution in [2.24, 2.45) is 10.4 Å². The summed E-state index contributed by atoms with van der Waals surface area (Å²) >= 11 is 0. The predicted octanol–water partition coefficient (Wildman–Crippen LogP) is 1.89. The molecule has 0 aliphatic heterocycles. The van der Waals surface area contributed by atoms with E-state index < -0.39 is 0 Å². The molecule has 0 aromatic rings. The fourth-order valence-corrected chi connectivity index (χ4v) is 1.58. The third-order valence-electron chi connectivity index (χ3n) is 2.15. The highest BCUT2D eigenvalue weighted by atomic mass is 16.3. The van der Waals surface area contributed by atoms with Crippen LogP contribution in [0.3, 0.4) is 0 Å². The molecule has 0 atom stereocenters. The molecule has 0 amide bonds. The van der Waals surface area contributed by atoms with Crippen molar-refractivity contribution in [3.63, 3.8) is 0 Å². The Morgan fingerprint density at radius 3 is 2.54 bits per heavy atom. The van der Waals surface area contributed by atoms with E-state index >= 15 is 0 Å². The zero-order valence-electron chi connectivity index (χ0n) is 8.29. The SMILES string of the molecule is CN=CC1=C(O)CC(C)(C)CC1=O. The van der Waals surface area contributed by atoms with Gasteiger partial charge in [0.15, 0.2) is 5.78 Å². The Morgan fingerprint density at radius 1 is 1.46 bits per heavy atom. The number of carbonyl (C=O) groups excluding carboxylic acids is 1. The van der Waals surface area contributed by atoms with Crippen molar-refractivity contribution < 1.29 is 9.90 Å². The third-order valence-corrected chi connectivity index (χ3v) is 2.15. The van der Waals surface area contributed by atoms with Gasteiger partial charge in [-0.1, -0.05) is 13.8 Å². The van der Waals surface area contributed by atoms with E-state index in [0.717, 1.165) is 0 Å². The molecular weight excluding hydrogens is 166 g/mol. The number of hydrogen-bond donors (Lipinski definition) is 1. The lowest BCUT2D eigenvalue weighted by Crippen LogP contribution is -2.26. The van der Waals surface area contributed by atoms with Crippen LogP contribution in [0.2, 0.25) is 0 Å². The zero-order valence-corrected chi connectivity index (χ0v) is 8.29. The molecule has 0 fully saturated rings. The van der Waals surface area contributed by atoms with Crippen LogP contribution >= 0.6 is 0 Å². The summed E-state index contributed by atoms with van der Waals surface area (Å²) in [7, 11) is 1.59. The predicted molar refractivity (Wildman–Crippen MR) is 52.1 cm³/mol. The summed E-state index contributed by atoms with van der Waals surface area (Å²) in [6.45, 7) is 3.95. The summed E-state index contributed by atoms with van der Waals surface area (Å²) in [6, 6.07) is 0. The number of Topliss-reactive ketones (excluding diaryl/α,β-unsaturated/α-hetero) is 1. The van der Waals surface area contributed by atoms with Crippen molar-refractivity contribution in [1.82, 2.24) is 0 Å². The van der Waals surface area contributed by atoms with Gasteiger partial charge in [0.1, 0.15) is 5.76 Å². The molecule has 1 N–H and O–H groups in total. The number of hydrogen-bond acceptors (Lipinski definition) is 3. The highest BCUT2D eigenvalue weighted by Gasteiger charge is 2.31. The second kappa shape index (κ2) is 3.32. The van der Waals surface area contributed by atoms with Crippen LogP contribution < -0.4 is 0 Å². The zero-order chi connectivity index (χ0) is 10.1. The molecule has 13 heavy (non-hydrogen) atoms. The van der Waals surface area contributed by atoms with Gasteiger partial charge >= 0.3 is 0 Å². The molecule has 72 valence electrons. The quantitative estimate of drug-likeness (QED) is 0.628. The van der Waals surface area contributed by atoms with Crippen LogP contribution in [-0.4, -0.2) is 24.2 Å². The third kappa shape index (κ3) is 2.17. The highest BCUT2D eigenvalue weighted by molar-refractivity contribution is 6.14. The monoisotopic (exact) mass is 181 g/mol. The molecule has 0 saturated carbocycles. The topological polar surface area (TPSA) is 49.7 Å². The summed E-state index contributed by atoms with van der Waals surface area (Å²) in [5.74, 6) is 0.159. The first-order valence-electron chi connectivity index (χ1n) is 4.34. The molecule has 0 aromatic carbocycles. The molecular formula is C10H15NO2. The van der Waals surface area contributed by atoms with Crippen LogP contribution in [0.1, 0.15) is 26.7 Å². The number of aliphatic imine (C=N–C) groups is 1. The van der Waals surface area contributed by atoms with Gasteiger partial charge in [-0.3, -0.25) is 9.79 Å². The average Bonchev–Trinajstić information content (AvgIpc) is 1.94. The first-order chi connectivity index (χ1) is 5.96. The fourth-order valence-electron chi connectivity index (χ4n) is 1.58. The Hall–Kier alpha value is -1.12. The Balaban J connectivity index is 3.01. The van der Waals surface area contributed by atoms with E-state index in [4.69, 9.17) is 0 Å². The number of allylic oxidation sites excluding steroid dienone is 2. The molecule has 0 aromatic heterocycles. The smallest absolute Gasteiger partial charge is 0.168 e. The number of rotatable bonds is 1. The van der Waals surface area contributed by atoms with E-state index in [0.29, 0.717) is 18.4 Å². The van der Waals surface area contributed by atoms with Gasteiger partial charge in [0.05, 0.1) is 5.57 Å². The van der Waals surface area contributed by atoms with Crippen molar-refractivity contribution in [3.05, 3.63) is 11.3 Å². The van der Waals surface area contributed by atoms with Crippen LogP contribution in [0.15, 0.2) is 16.3 Å². The Bertz CT molecular complexity index is 287. The molecule has 0 saturated heterocycles. The molecule has 0 spiro atoms. The lowest BCUT2D eigenvalue weighted by atomic mass is 9.77. The van der Waals surface area contributed by atoms with Gasteiger partial charge in [0.2, 0.25) is 0 Å². The van der Waals surface area contributed by atoms with Crippen LogP contribution in [0.25, 0.3) is 0 Å². The van der Waals surface area contributed by atoms with E-state index in [1.54, 1.807) is 7.05 Å². The maximum Gasteiger partial charge on any atom is 0.168 e. The number of ketones is 1. The largest absolute Gasteiger partial charge is 0.511 e. The van der Waals surface area contributed by atoms with E-state index in [2.05, 4.69) is 4.99 Å². The summed E-state index contributed by atoms with van der Waals surface area (Å²) in [4.78, 5) is 15.2. The van der Waals surface area contributed by atoms with Gasteiger partial charge in [-0.2, -0.15) is 0 Å². The van der Waals surface area contributed by atoms with E-state index in [9.17, 15) is 9.90 Å². The second-order valence-electron chi connectivity index (χ2n) is 4.19. The van der Waals surface area contributed by atoms with Gasteiger partial charge in [-0.15, -0.1) is 0 Å². The van der Waals surface area contributed by atoms with Crippen molar-refractivity contribution in [3.8, 4) is 0 Å². The first kappa shape index (κ1) is 9.96. The summed E-state index contributed by atoms with van der Waals surface area (Å²) in [6.07, 6.45) is 2.48. The highest BCUT2D eigenvalue weighted by Crippen LogP contribution is 2.34. The minimum atomic E-state index is -0.119. The number of nitrogens with zero attached hydrogens (tertiary/aromatic N) is 1. The molecule has 0 radical (unpaired) electrons. The maximum atomic E-state index is 11.5. The molecule has 0 heterocycles.